The molecule has 0 radical (unpaired) electrons. The Hall–Kier alpha value is 0.1000. The zero-order valence-electron chi connectivity index (χ0n) is 8.83. The summed E-state index contributed by atoms with van der Waals surface area (Å²) in [6, 6.07) is 4.91. The summed E-state index contributed by atoms with van der Waals surface area (Å²) in [5.74, 6) is 0.711. The number of thiophene rings is 1. The maximum absolute atomic E-state index is 5.20. The molecule has 1 aliphatic heterocycles. The topological polar surface area (TPSA) is 21.3 Å². The van der Waals surface area contributed by atoms with Gasteiger partial charge in [0.2, 0.25) is 0 Å². The molecule has 2 heterocycles. The van der Waals surface area contributed by atoms with Crippen molar-refractivity contribution < 1.29 is 4.74 Å². The summed E-state index contributed by atoms with van der Waals surface area (Å²) in [6.07, 6.45) is 2.44. The fraction of sp³-hybridized carbons (Fsp3) is 0.636. The third-order valence-corrected chi connectivity index (χ3v) is 4.65. The van der Waals surface area contributed by atoms with Gasteiger partial charge in [0.1, 0.15) is 0 Å². The summed E-state index contributed by atoms with van der Waals surface area (Å²) in [6.45, 7) is 1.93. The number of rotatable bonds is 3. The molecule has 2 unspecified atom stereocenters. The van der Waals surface area contributed by atoms with Crippen LogP contribution in [0.1, 0.15) is 23.6 Å². The minimum absolute atomic E-state index is 0.523. The van der Waals surface area contributed by atoms with Crippen molar-refractivity contribution in [2.24, 2.45) is 0 Å². The molecule has 1 aromatic heterocycles. The van der Waals surface area contributed by atoms with Gasteiger partial charge in [0.15, 0.2) is 0 Å². The summed E-state index contributed by atoms with van der Waals surface area (Å²) in [7, 11) is 1.77. The lowest BCUT2D eigenvalue weighted by Gasteiger charge is -2.29. The number of hydrogen-bond donors (Lipinski definition) is 1. The Labute approximate surface area is 103 Å². The van der Waals surface area contributed by atoms with Gasteiger partial charge < -0.3 is 10.1 Å². The van der Waals surface area contributed by atoms with Gasteiger partial charge in [0.25, 0.3) is 0 Å². The summed E-state index contributed by atoms with van der Waals surface area (Å²) < 4.78 is 6.44. The number of piperidine rings is 1. The molecule has 1 saturated heterocycles. The number of hydrogen-bond acceptors (Lipinski definition) is 3. The molecule has 0 spiro atoms. The van der Waals surface area contributed by atoms with Crippen LogP contribution in [0.25, 0.3) is 0 Å². The van der Waals surface area contributed by atoms with Gasteiger partial charge >= 0.3 is 0 Å². The molecule has 1 N–H and O–H groups in total. The van der Waals surface area contributed by atoms with Crippen LogP contribution in [0.15, 0.2) is 15.9 Å². The Bertz CT molecular complexity index is 313. The maximum atomic E-state index is 5.20. The Balaban J connectivity index is 1.98. The molecule has 0 amide bonds. The van der Waals surface area contributed by atoms with Crippen molar-refractivity contribution >= 4 is 27.3 Å². The highest BCUT2D eigenvalue weighted by Crippen LogP contribution is 2.34. The van der Waals surface area contributed by atoms with Crippen LogP contribution in [-0.4, -0.2) is 26.3 Å². The van der Waals surface area contributed by atoms with Crippen molar-refractivity contribution in [3.05, 3.63) is 20.8 Å². The van der Waals surface area contributed by atoms with Crippen molar-refractivity contribution in [3.8, 4) is 0 Å². The molecule has 0 saturated carbocycles. The monoisotopic (exact) mass is 289 g/mol. The summed E-state index contributed by atoms with van der Waals surface area (Å²) in [4.78, 5) is 1.50. The van der Waals surface area contributed by atoms with E-state index in [-0.39, 0.29) is 0 Å². The SMILES string of the molecule is COCC1CC(c2ccc(Br)s2)CCN1. The van der Waals surface area contributed by atoms with Gasteiger partial charge in [-0.25, -0.2) is 0 Å². The average molecular weight is 290 g/mol. The molecule has 0 aromatic carbocycles. The molecule has 1 fully saturated rings. The molecule has 4 heteroatoms. The standard InChI is InChI=1S/C11H16BrNOS/c1-14-7-9-6-8(4-5-13-9)10-2-3-11(12)15-10/h2-3,8-9,13H,4-7H2,1H3. The second-order valence-corrected chi connectivity index (χ2v) is 6.46. The van der Waals surface area contributed by atoms with Crippen LogP contribution in [0.5, 0.6) is 0 Å². The predicted molar refractivity (Wildman–Crippen MR) is 67.7 cm³/mol. The van der Waals surface area contributed by atoms with Gasteiger partial charge in [0.05, 0.1) is 10.4 Å². The molecular weight excluding hydrogens is 274 g/mol. The van der Waals surface area contributed by atoms with Crippen LogP contribution in [-0.2, 0) is 4.74 Å². The number of ether oxygens (including phenoxy) is 1. The molecule has 2 rings (SSSR count). The van der Waals surface area contributed by atoms with Crippen molar-refractivity contribution in [2.45, 2.75) is 24.8 Å². The van der Waals surface area contributed by atoms with Crippen molar-refractivity contribution in [1.82, 2.24) is 5.32 Å². The molecule has 1 aromatic rings. The lowest BCUT2D eigenvalue weighted by molar-refractivity contribution is 0.149. The molecule has 2 atom stereocenters. The third-order valence-electron chi connectivity index (χ3n) is 2.86. The van der Waals surface area contributed by atoms with E-state index in [9.17, 15) is 0 Å². The predicted octanol–water partition coefficient (Wildman–Crippen LogP) is 2.99. The first-order chi connectivity index (χ1) is 7.29. The molecule has 2 nitrogen and oxygen atoms in total. The zero-order chi connectivity index (χ0) is 10.7. The van der Waals surface area contributed by atoms with E-state index in [0.29, 0.717) is 12.0 Å². The molecule has 0 aliphatic carbocycles. The smallest absolute Gasteiger partial charge is 0.0701 e. The fourth-order valence-electron chi connectivity index (χ4n) is 2.14. The Morgan fingerprint density at radius 2 is 2.47 bits per heavy atom. The second-order valence-electron chi connectivity index (χ2n) is 3.97. The molecular formula is C11H16BrNOS. The van der Waals surface area contributed by atoms with Gasteiger partial charge in [-0.1, -0.05) is 0 Å². The summed E-state index contributed by atoms with van der Waals surface area (Å²) in [5.41, 5.74) is 0. The van der Waals surface area contributed by atoms with E-state index in [0.717, 1.165) is 13.2 Å². The lowest BCUT2D eigenvalue weighted by Crippen LogP contribution is -2.40. The van der Waals surface area contributed by atoms with Gasteiger partial charge in [-0.3, -0.25) is 0 Å². The lowest BCUT2D eigenvalue weighted by atomic mass is 9.91. The quantitative estimate of drug-likeness (QED) is 0.924. The van der Waals surface area contributed by atoms with Crippen molar-refractivity contribution in [3.63, 3.8) is 0 Å². The highest BCUT2D eigenvalue weighted by atomic mass is 79.9. The number of methoxy groups -OCH3 is 1. The maximum Gasteiger partial charge on any atom is 0.0701 e. The van der Waals surface area contributed by atoms with Crippen molar-refractivity contribution in [1.29, 1.82) is 0 Å². The Morgan fingerprint density at radius 1 is 1.60 bits per heavy atom. The summed E-state index contributed by atoms with van der Waals surface area (Å²) in [5, 5.41) is 3.49. The Kier molecular flexibility index (Phi) is 4.20. The van der Waals surface area contributed by atoms with Crippen LogP contribution in [0.4, 0.5) is 0 Å². The molecule has 84 valence electrons. The van der Waals surface area contributed by atoms with Crippen LogP contribution in [0, 0.1) is 0 Å². The largest absolute Gasteiger partial charge is 0.383 e. The summed E-state index contributed by atoms with van der Waals surface area (Å²) >= 11 is 5.39. The zero-order valence-corrected chi connectivity index (χ0v) is 11.2. The van der Waals surface area contributed by atoms with E-state index in [1.54, 1.807) is 7.11 Å². The highest BCUT2D eigenvalue weighted by Gasteiger charge is 2.23. The van der Waals surface area contributed by atoms with E-state index < -0.39 is 0 Å². The van der Waals surface area contributed by atoms with Gasteiger partial charge in [0, 0.05) is 18.0 Å². The van der Waals surface area contributed by atoms with Gasteiger partial charge in [-0.05, 0) is 53.4 Å². The first-order valence-electron chi connectivity index (χ1n) is 5.27. The van der Waals surface area contributed by atoms with Gasteiger partial charge in [-0.2, -0.15) is 0 Å². The Morgan fingerprint density at radius 3 is 3.13 bits per heavy atom. The van der Waals surface area contributed by atoms with E-state index >= 15 is 0 Å². The fourth-order valence-corrected chi connectivity index (χ4v) is 3.71. The molecule has 0 bridgehead atoms. The average Bonchev–Trinajstić information content (AvgIpc) is 2.66. The van der Waals surface area contributed by atoms with Gasteiger partial charge in [-0.15, -0.1) is 11.3 Å². The van der Waals surface area contributed by atoms with Crippen LogP contribution in [0.2, 0.25) is 0 Å². The minimum Gasteiger partial charge on any atom is -0.383 e. The first-order valence-corrected chi connectivity index (χ1v) is 6.88. The van der Waals surface area contributed by atoms with E-state index in [2.05, 4.69) is 33.4 Å². The molecule has 15 heavy (non-hydrogen) atoms. The van der Waals surface area contributed by atoms with Crippen molar-refractivity contribution in [2.75, 3.05) is 20.3 Å². The van der Waals surface area contributed by atoms with Crippen LogP contribution < -0.4 is 5.32 Å². The minimum atomic E-state index is 0.523. The third kappa shape index (κ3) is 3.03. The number of nitrogens with one attached hydrogen (secondary N) is 1. The van der Waals surface area contributed by atoms with Crippen LogP contribution in [0.3, 0.4) is 0 Å². The van der Waals surface area contributed by atoms with Crippen LogP contribution >= 0.6 is 27.3 Å². The van der Waals surface area contributed by atoms with E-state index in [1.165, 1.54) is 21.5 Å². The van der Waals surface area contributed by atoms with E-state index in [1.807, 2.05) is 11.3 Å². The highest BCUT2D eigenvalue weighted by molar-refractivity contribution is 9.11. The first kappa shape index (κ1) is 11.6. The van der Waals surface area contributed by atoms with E-state index in [4.69, 9.17) is 4.74 Å². The number of halogens is 1. The second kappa shape index (κ2) is 5.43. The molecule has 1 aliphatic rings. The normalized spacial score (nSPS) is 26.8.